The van der Waals surface area contributed by atoms with Crippen LogP contribution in [0.5, 0.6) is 0 Å². The highest BCUT2D eigenvalue weighted by atomic mass is 19.4. The van der Waals surface area contributed by atoms with Crippen LogP contribution >= 0.6 is 0 Å². The van der Waals surface area contributed by atoms with Crippen LogP contribution < -0.4 is 5.73 Å². The Morgan fingerprint density at radius 2 is 2.05 bits per heavy atom. The monoisotopic (exact) mass is 300 g/mol. The number of amides is 1. The summed E-state index contributed by atoms with van der Waals surface area (Å²) in [6, 6.07) is 4.54. The Balaban J connectivity index is 2.21. The first-order chi connectivity index (χ1) is 9.61. The number of hydrogen-bond donors (Lipinski definition) is 1. The molecule has 1 heterocycles. The van der Waals surface area contributed by atoms with Crippen LogP contribution in [0.2, 0.25) is 0 Å². The normalized spacial score (nSPS) is 22.2. The molecule has 0 radical (unpaired) electrons. The third-order valence-corrected chi connectivity index (χ3v) is 4.04. The van der Waals surface area contributed by atoms with Gasteiger partial charge >= 0.3 is 6.18 Å². The highest BCUT2D eigenvalue weighted by molar-refractivity contribution is 5.94. The van der Waals surface area contributed by atoms with Gasteiger partial charge in [-0.1, -0.05) is 19.9 Å². The Morgan fingerprint density at radius 1 is 1.38 bits per heavy atom. The van der Waals surface area contributed by atoms with Crippen LogP contribution in [-0.4, -0.2) is 29.9 Å². The van der Waals surface area contributed by atoms with Crippen molar-refractivity contribution in [3.05, 3.63) is 35.4 Å². The summed E-state index contributed by atoms with van der Waals surface area (Å²) in [5.74, 6) is -0.374. The maximum absolute atomic E-state index is 12.7. The summed E-state index contributed by atoms with van der Waals surface area (Å²) in [6.45, 7) is 4.84. The van der Waals surface area contributed by atoms with Gasteiger partial charge in [-0.05, 0) is 30.0 Å². The maximum atomic E-state index is 12.7. The van der Waals surface area contributed by atoms with E-state index >= 15 is 0 Å². The molecule has 1 atom stereocenters. The van der Waals surface area contributed by atoms with E-state index in [0.717, 1.165) is 12.1 Å². The molecule has 1 saturated heterocycles. The number of piperidine rings is 1. The van der Waals surface area contributed by atoms with Gasteiger partial charge in [0.2, 0.25) is 0 Å². The number of benzene rings is 1. The lowest BCUT2D eigenvalue weighted by atomic mass is 9.79. The predicted octanol–water partition coefficient (Wildman–Crippen LogP) is 2.90. The van der Waals surface area contributed by atoms with Gasteiger partial charge in [-0.3, -0.25) is 4.79 Å². The van der Waals surface area contributed by atoms with E-state index in [1.807, 2.05) is 13.8 Å². The van der Waals surface area contributed by atoms with E-state index in [4.69, 9.17) is 5.73 Å². The molecule has 2 N–H and O–H groups in total. The molecule has 1 amide bonds. The van der Waals surface area contributed by atoms with Gasteiger partial charge in [0, 0.05) is 24.7 Å². The molecule has 2 rings (SSSR count). The molecular weight excluding hydrogens is 281 g/mol. The highest BCUT2D eigenvalue weighted by Gasteiger charge is 2.36. The van der Waals surface area contributed by atoms with Crippen molar-refractivity contribution in [3.63, 3.8) is 0 Å². The molecular formula is C15H19F3N2O. The van der Waals surface area contributed by atoms with Gasteiger partial charge < -0.3 is 10.6 Å². The Hall–Kier alpha value is -1.56. The van der Waals surface area contributed by atoms with Gasteiger partial charge in [0.25, 0.3) is 5.91 Å². The van der Waals surface area contributed by atoms with Crippen LogP contribution in [0, 0.1) is 5.41 Å². The van der Waals surface area contributed by atoms with Gasteiger partial charge in [-0.15, -0.1) is 0 Å². The summed E-state index contributed by atoms with van der Waals surface area (Å²) in [5.41, 5.74) is 5.03. The second-order valence-electron chi connectivity index (χ2n) is 6.19. The van der Waals surface area contributed by atoms with Crippen molar-refractivity contribution in [3.8, 4) is 0 Å². The fourth-order valence-corrected chi connectivity index (χ4v) is 2.56. The average Bonchev–Trinajstić information content (AvgIpc) is 2.40. The molecule has 116 valence electrons. The van der Waals surface area contributed by atoms with Crippen LogP contribution in [0.3, 0.4) is 0 Å². The van der Waals surface area contributed by atoms with Crippen molar-refractivity contribution in [1.82, 2.24) is 4.90 Å². The maximum Gasteiger partial charge on any atom is 0.416 e. The molecule has 0 aliphatic carbocycles. The molecule has 1 aromatic rings. The van der Waals surface area contributed by atoms with Gasteiger partial charge in [-0.25, -0.2) is 0 Å². The van der Waals surface area contributed by atoms with Crippen LogP contribution in [0.15, 0.2) is 24.3 Å². The van der Waals surface area contributed by atoms with Gasteiger partial charge in [0.1, 0.15) is 0 Å². The highest BCUT2D eigenvalue weighted by Crippen LogP contribution is 2.31. The molecule has 21 heavy (non-hydrogen) atoms. The second-order valence-corrected chi connectivity index (χ2v) is 6.19. The van der Waals surface area contributed by atoms with Gasteiger partial charge in [0.05, 0.1) is 5.56 Å². The lowest BCUT2D eigenvalue weighted by Gasteiger charge is -2.42. The van der Waals surface area contributed by atoms with E-state index in [-0.39, 0.29) is 22.9 Å². The Labute approximate surface area is 121 Å². The first-order valence-corrected chi connectivity index (χ1v) is 6.83. The summed E-state index contributed by atoms with van der Waals surface area (Å²) in [6.07, 6.45) is -3.79. The van der Waals surface area contributed by atoms with E-state index < -0.39 is 11.7 Å². The third kappa shape index (κ3) is 3.37. The largest absolute Gasteiger partial charge is 0.416 e. The van der Waals surface area contributed by atoms with E-state index in [0.29, 0.717) is 19.5 Å². The summed E-state index contributed by atoms with van der Waals surface area (Å²) in [7, 11) is 0. The first-order valence-electron chi connectivity index (χ1n) is 6.83. The Kier molecular flexibility index (Phi) is 4.02. The fourth-order valence-electron chi connectivity index (χ4n) is 2.56. The molecule has 1 fully saturated rings. The predicted molar refractivity (Wildman–Crippen MR) is 73.7 cm³/mol. The van der Waals surface area contributed by atoms with Crippen molar-refractivity contribution >= 4 is 5.91 Å². The van der Waals surface area contributed by atoms with Crippen molar-refractivity contribution in [1.29, 1.82) is 0 Å². The third-order valence-electron chi connectivity index (χ3n) is 4.04. The Bertz CT molecular complexity index is 540. The summed E-state index contributed by atoms with van der Waals surface area (Å²) in [4.78, 5) is 14.0. The molecule has 1 unspecified atom stereocenters. The van der Waals surface area contributed by atoms with Crippen molar-refractivity contribution in [2.45, 2.75) is 32.5 Å². The van der Waals surface area contributed by atoms with Crippen molar-refractivity contribution in [2.75, 3.05) is 13.1 Å². The number of hydrogen-bond acceptors (Lipinski definition) is 2. The Morgan fingerprint density at radius 3 is 2.62 bits per heavy atom. The molecule has 0 saturated carbocycles. The minimum atomic E-state index is -4.44. The fraction of sp³-hybridized carbons (Fsp3) is 0.533. The molecule has 1 aliphatic heterocycles. The number of nitrogens with two attached hydrogens (primary N) is 1. The molecule has 1 aromatic carbocycles. The number of carbonyl (C=O) groups excluding carboxylic acids is 1. The quantitative estimate of drug-likeness (QED) is 0.867. The van der Waals surface area contributed by atoms with Crippen LogP contribution in [-0.2, 0) is 6.18 Å². The lowest BCUT2D eigenvalue weighted by molar-refractivity contribution is -0.137. The second kappa shape index (κ2) is 5.33. The van der Waals surface area contributed by atoms with Crippen LogP contribution in [0.25, 0.3) is 0 Å². The average molecular weight is 300 g/mol. The molecule has 0 aromatic heterocycles. The lowest BCUT2D eigenvalue weighted by Crippen LogP contribution is -2.54. The molecule has 1 aliphatic rings. The molecule has 0 bridgehead atoms. The van der Waals surface area contributed by atoms with E-state index in [1.165, 1.54) is 12.1 Å². The zero-order chi connectivity index (χ0) is 15.8. The minimum Gasteiger partial charge on any atom is -0.338 e. The number of alkyl halides is 3. The summed E-state index contributed by atoms with van der Waals surface area (Å²) in [5, 5.41) is 0. The molecule has 0 spiro atoms. The van der Waals surface area contributed by atoms with Gasteiger partial charge in [-0.2, -0.15) is 13.2 Å². The zero-order valence-electron chi connectivity index (χ0n) is 12.1. The van der Waals surface area contributed by atoms with Gasteiger partial charge in [0.15, 0.2) is 0 Å². The number of carbonyl (C=O) groups is 1. The smallest absolute Gasteiger partial charge is 0.338 e. The number of halogens is 3. The summed E-state index contributed by atoms with van der Waals surface area (Å²) >= 11 is 0. The number of rotatable bonds is 1. The SMILES string of the molecule is CC1(C)CN(C(=O)c2cccc(C(F)(F)F)c2)CCC1N. The van der Waals surface area contributed by atoms with E-state index in [2.05, 4.69) is 0 Å². The molecule has 6 heteroatoms. The topological polar surface area (TPSA) is 46.3 Å². The van der Waals surface area contributed by atoms with Crippen molar-refractivity contribution in [2.24, 2.45) is 11.1 Å². The number of likely N-dealkylation sites (tertiary alicyclic amines) is 1. The minimum absolute atomic E-state index is 0.0111. The van der Waals surface area contributed by atoms with Crippen molar-refractivity contribution < 1.29 is 18.0 Å². The van der Waals surface area contributed by atoms with Crippen LogP contribution in [0.4, 0.5) is 13.2 Å². The van der Waals surface area contributed by atoms with E-state index in [1.54, 1.807) is 4.90 Å². The first kappa shape index (κ1) is 15.8. The zero-order valence-corrected chi connectivity index (χ0v) is 12.1. The van der Waals surface area contributed by atoms with Crippen LogP contribution in [0.1, 0.15) is 36.2 Å². The molecule has 3 nitrogen and oxygen atoms in total. The summed E-state index contributed by atoms with van der Waals surface area (Å²) < 4.78 is 38.1. The standard InChI is InChI=1S/C15H19F3N2O/c1-14(2)9-20(7-6-12(14)19)13(21)10-4-3-5-11(8-10)15(16,17)18/h3-5,8,12H,6-7,9,19H2,1-2H3. The number of nitrogens with zero attached hydrogens (tertiary/aromatic N) is 1. The van der Waals surface area contributed by atoms with E-state index in [9.17, 15) is 18.0 Å².